The third-order valence-electron chi connectivity index (χ3n) is 5.39. The molecular formula is C22H19NO3S. The summed E-state index contributed by atoms with van der Waals surface area (Å²) in [6.45, 7) is 2.34. The van der Waals surface area contributed by atoms with E-state index in [2.05, 4.69) is 35.8 Å². The van der Waals surface area contributed by atoms with Gasteiger partial charge in [0.1, 0.15) is 0 Å². The molecule has 0 radical (unpaired) electrons. The summed E-state index contributed by atoms with van der Waals surface area (Å²) in [5, 5.41) is 5.20. The molecule has 0 bridgehead atoms. The maximum Gasteiger partial charge on any atom is 0.235 e. The summed E-state index contributed by atoms with van der Waals surface area (Å²) in [5.41, 5.74) is 3.73. The first-order valence-corrected chi connectivity index (χ1v) is 9.90. The normalized spacial score (nSPS) is 16.2. The van der Waals surface area contributed by atoms with Gasteiger partial charge in [0.05, 0.1) is 5.41 Å². The van der Waals surface area contributed by atoms with Crippen LogP contribution in [0.3, 0.4) is 0 Å². The second-order valence-electron chi connectivity index (χ2n) is 7.11. The second-order valence-corrected chi connectivity index (χ2v) is 8.06. The molecule has 1 fully saturated rings. The lowest BCUT2D eigenvalue weighted by Crippen LogP contribution is -2.27. The number of aryl methyl sites for hydroxylation is 1. The smallest absolute Gasteiger partial charge is 0.235 e. The van der Waals surface area contributed by atoms with Crippen molar-refractivity contribution in [3.8, 4) is 21.9 Å². The van der Waals surface area contributed by atoms with Gasteiger partial charge in [-0.3, -0.25) is 4.79 Å². The number of nitrogens with one attached hydrogen (secondary N) is 1. The molecule has 27 heavy (non-hydrogen) atoms. The van der Waals surface area contributed by atoms with Crippen molar-refractivity contribution >= 4 is 22.9 Å². The van der Waals surface area contributed by atoms with E-state index >= 15 is 0 Å². The van der Waals surface area contributed by atoms with Gasteiger partial charge in [0.2, 0.25) is 12.7 Å². The van der Waals surface area contributed by atoms with Gasteiger partial charge in [-0.05, 0) is 72.2 Å². The van der Waals surface area contributed by atoms with Gasteiger partial charge < -0.3 is 14.8 Å². The van der Waals surface area contributed by atoms with E-state index in [-0.39, 0.29) is 12.7 Å². The van der Waals surface area contributed by atoms with Gasteiger partial charge in [0.15, 0.2) is 11.5 Å². The molecule has 1 aliphatic heterocycles. The van der Waals surface area contributed by atoms with Crippen LogP contribution in [-0.4, -0.2) is 12.7 Å². The van der Waals surface area contributed by atoms with Crippen molar-refractivity contribution in [1.29, 1.82) is 0 Å². The highest BCUT2D eigenvalue weighted by Crippen LogP contribution is 2.51. The Morgan fingerprint density at radius 1 is 1.07 bits per heavy atom. The zero-order valence-electron chi connectivity index (χ0n) is 15.0. The zero-order valence-corrected chi connectivity index (χ0v) is 15.8. The quantitative estimate of drug-likeness (QED) is 0.686. The maximum atomic E-state index is 13.1. The van der Waals surface area contributed by atoms with E-state index in [0.29, 0.717) is 0 Å². The van der Waals surface area contributed by atoms with Crippen molar-refractivity contribution < 1.29 is 14.3 Å². The second kappa shape index (κ2) is 6.13. The highest BCUT2D eigenvalue weighted by molar-refractivity contribution is 7.13. The number of ether oxygens (including phenoxy) is 2. The largest absolute Gasteiger partial charge is 0.454 e. The van der Waals surface area contributed by atoms with Gasteiger partial charge in [-0.2, -0.15) is 0 Å². The van der Waals surface area contributed by atoms with Crippen LogP contribution in [0.5, 0.6) is 11.5 Å². The SMILES string of the molecule is Cc1ccc(NC(=O)C2(c3ccc4c(c3)OCO4)CC2)cc1-c1cccs1. The number of fused-ring (bicyclic) bond motifs is 1. The third-order valence-corrected chi connectivity index (χ3v) is 6.30. The molecule has 0 atom stereocenters. The number of amides is 1. The fraction of sp³-hybridized carbons (Fsp3) is 0.227. The molecule has 0 saturated heterocycles. The van der Waals surface area contributed by atoms with Crippen LogP contribution in [0.15, 0.2) is 53.9 Å². The Balaban J connectivity index is 1.41. The minimum absolute atomic E-state index is 0.0438. The predicted molar refractivity (Wildman–Crippen MR) is 107 cm³/mol. The van der Waals surface area contributed by atoms with Crippen LogP contribution in [0.2, 0.25) is 0 Å². The average Bonchev–Trinajstić information content (AvgIpc) is 3.09. The van der Waals surface area contributed by atoms with Crippen molar-refractivity contribution in [3.63, 3.8) is 0 Å². The topological polar surface area (TPSA) is 47.6 Å². The maximum absolute atomic E-state index is 13.1. The van der Waals surface area contributed by atoms with E-state index in [1.165, 1.54) is 10.4 Å². The summed E-state index contributed by atoms with van der Waals surface area (Å²) in [7, 11) is 0. The molecule has 2 aliphatic rings. The Morgan fingerprint density at radius 3 is 2.70 bits per heavy atom. The summed E-state index contributed by atoms with van der Waals surface area (Å²) in [6.07, 6.45) is 1.70. The Labute approximate surface area is 161 Å². The molecule has 1 saturated carbocycles. The number of hydrogen-bond acceptors (Lipinski definition) is 4. The molecule has 5 heteroatoms. The fourth-order valence-corrected chi connectivity index (χ4v) is 4.42. The molecule has 0 spiro atoms. The Kier molecular flexibility index (Phi) is 3.72. The van der Waals surface area contributed by atoms with Crippen LogP contribution in [-0.2, 0) is 10.2 Å². The number of carbonyl (C=O) groups is 1. The zero-order chi connectivity index (χ0) is 18.4. The van der Waals surface area contributed by atoms with Gasteiger partial charge in [-0.15, -0.1) is 11.3 Å². The van der Waals surface area contributed by atoms with Crippen LogP contribution in [0.1, 0.15) is 24.0 Å². The molecular weight excluding hydrogens is 358 g/mol. The molecule has 136 valence electrons. The first-order chi connectivity index (χ1) is 13.2. The number of anilines is 1. The third kappa shape index (κ3) is 2.79. The number of rotatable bonds is 4. The lowest BCUT2D eigenvalue weighted by Gasteiger charge is -2.17. The van der Waals surface area contributed by atoms with Crippen LogP contribution in [0.25, 0.3) is 10.4 Å². The molecule has 1 amide bonds. The van der Waals surface area contributed by atoms with Gasteiger partial charge in [0.25, 0.3) is 0 Å². The van der Waals surface area contributed by atoms with Crippen LogP contribution < -0.4 is 14.8 Å². The standard InChI is InChI=1S/C22H19NO3S/c1-14-4-6-16(12-17(14)20-3-2-10-27-20)23-21(24)22(8-9-22)15-5-7-18-19(11-15)26-13-25-18/h2-7,10-12H,8-9,13H2,1H3,(H,23,24). The number of thiophene rings is 1. The number of hydrogen-bond donors (Lipinski definition) is 1. The van der Waals surface area contributed by atoms with Crippen LogP contribution in [0.4, 0.5) is 5.69 Å². The Morgan fingerprint density at radius 2 is 1.93 bits per heavy atom. The first kappa shape index (κ1) is 16.4. The first-order valence-electron chi connectivity index (χ1n) is 9.02. The molecule has 2 aromatic carbocycles. The van der Waals surface area contributed by atoms with Crippen LogP contribution >= 0.6 is 11.3 Å². The summed E-state index contributed by atoms with van der Waals surface area (Å²) in [5.74, 6) is 1.51. The summed E-state index contributed by atoms with van der Waals surface area (Å²) in [6, 6.07) is 16.1. The monoisotopic (exact) mass is 377 g/mol. The van der Waals surface area contributed by atoms with Crippen molar-refractivity contribution in [1.82, 2.24) is 0 Å². The number of benzene rings is 2. The van der Waals surface area contributed by atoms with Crippen molar-refractivity contribution in [2.75, 3.05) is 12.1 Å². The van der Waals surface area contributed by atoms with E-state index in [1.54, 1.807) is 11.3 Å². The van der Waals surface area contributed by atoms with Crippen LogP contribution in [0, 0.1) is 6.92 Å². The molecule has 1 aliphatic carbocycles. The van der Waals surface area contributed by atoms with E-state index < -0.39 is 5.41 Å². The molecule has 4 nitrogen and oxygen atoms in total. The number of carbonyl (C=O) groups excluding carboxylic acids is 1. The summed E-state index contributed by atoms with van der Waals surface area (Å²) >= 11 is 1.71. The van der Waals surface area contributed by atoms with E-state index in [0.717, 1.165) is 41.2 Å². The van der Waals surface area contributed by atoms with Crippen molar-refractivity contribution in [3.05, 3.63) is 65.0 Å². The molecule has 5 rings (SSSR count). The summed E-state index contributed by atoms with van der Waals surface area (Å²) < 4.78 is 10.9. The van der Waals surface area contributed by atoms with Crippen molar-refractivity contribution in [2.45, 2.75) is 25.2 Å². The lowest BCUT2D eigenvalue weighted by molar-refractivity contribution is -0.118. The van der Waals surface area contributed by atoms with Gasteiger partial charge in [0, 0.05) is 10.6 Å². The minimum Gasteiger partial charge on any atom is -0.454 e. The average molecular weight is 377 g/mol. The van der Waals surface area contributed by atoms with Gasteiger partial charge >= 0.3 is 0 Å². The molecule has 2 heterocycles. The van der Waals surface area contributed by atoms with Gasteiger partial charge in [-0.1, -0.05) is 18.2 Å². The minimum atomic E-state index is -0.463. The summed E-state index contributed by atoms with van der Waals surface area (Å²) in [4.78, 5) is 14.3. The fourth-order valence-electron chi connectivity index (χ4n) is 3.61. The highest BCUT2D eigenvalue weighted by atomic mass is 32.1. The highest BCUT2D eigenvalue weighted by Gasteiger charge is 2.51. The molecule has 0 unspecified atom stereocenters. The van der Waals surface area contributed by atoms with E-state index in [1.807, 2.05) is 30.3 Å². The molecule has 1 N–H and O–H groups in total. The Hall–Kier alpha value is -2.79. The molecule has 1 aromatic heterocycles. The van der Waals surface area contributed by atoms with Crippen molar-refractivity contribution in [2.24, 2.45) is 0 Å². The predicted octanol–water partition coefficient (Wildman–Crippen LogP) is 5.12. The van der Waals surface area contributed by atoms with Gasteiger partial charge in [-0.25, -0.2) is 0 Å². The molecule has 3 aromatic rings. The van der Waals surface area contributed by atoms with E-state index in [9.17, 15) is 4.79 Å². The Bertz CT molecular complexity index is 1020. The lowest BCUT2D eigenvalue weighted by atomic mass is 9.94. The van der Waals surface area contributed by atoms with E-state index in [4.69, 9.17) is 9.47 Å².